The molecule has 1 saturated carbocycles. The van der Waals surface area contributed by atoms with Crippen LogP contribution in [0.2, 0.25) is 0 Å². The van der Waals surface area contributed by atoms with Crippen LogP contribution in [0.25, 0.3) is 0 Å². The fraction of sp³-hybridized carbons (Fsp3) is 0.611. The number of aliphatic hydroxyl groups is 1. The molecular formula is C18H27NO3. The van der Waals surface area contributed by atoms with E-state index in [0.29, 0.717) is 0 Å². The molecule has 0 heterocycles. The number of aliphatic hydroxyl groups excluding tert-OH is 1. The van der Waals surface area contributed by atoms with Crippen LogP contribution in [0.1, 0.15) is 58.1 Å². The zero-order valence-electron chi connectivity index (χ0n) is 13.7. The fourth-order valence-electron chi connectivity index (χ4n) is 2.79. The maximum Gasteiger partial charge on any atom is 0.254 e. The molecule has 1 aromatic rings. The number of nitrogens with one attached hydrogen (secondary N) is 1. The first kappa shape index (κ1) is 17.0. The van der Waals surface area contributed by atoms with Crippen molar-refractivity contribution in [3.05, 3.63) is 35.9 Å². The van der Waals surface area contributed by atoms with E-state index < -0.39 is 17.8 Å². The molecule has 0 bridgehead atoms. The Morgan fingerprint density at radius 2 is 1.86 bits per heavy atom. The third kappa shape index (κ3) is 4.82. The summed E-state index contributed by atoms with van der Waals surface area (Å²) >= 11 is 0. The molecule has 1 aliphatic rings. The van der Waals surface area contributed by atoms with Gasteiger partial charge in [-0.2, -0.15) is 0 Å². The zero-order chi connectivity index (χ0) is 16.2. The normalized spacial score (nSPS) is 23.8. The average molecular weight is 305 g/mol. The number of rotatable bonds is 4. The smallest absolute Gasteiger partial charge is 0.254 e. The van der Waals surface area contributed by atoms with Crippen molar-refractivity contribution in [2.24, 2.45) is 0 Å². The fourth-order valence-corrected chi connectivity index (χ4v) is 2.79. The molecule has 0 spiro atoms. The molecule has 4 heteroatoms. The lowest BCUT2D eigenvalue weighted by Crippen LogP contribution is -2.47. The predicted octanol–water partition coefficient (Wildman–Crippen LogP) is 2.96. The van der Waals surface area contributed by atoms with Gasteiger partial charge >= 0.3 is 0 Å². The summed E-state index contributed by atoms with van der Waals surface area (Å²) in [5.74, 6) is -0.174. The van der Waals surface area contributed by atoms with E-state index in [4.69, 9.17) is 4.74 Å². The summed E-state index contributed by atoms with van der Waals surface area (Å²) in [5.41, 5.74) is 0.406. The second-order valence-electron chi connectivity index (χ2n) is 6.99. The third-order valence-electron chi connectivity index (χ3n) is 3.87. The summed E-state index contributed by atoms with van der Waals surface area (Å²) in [7, 11) is 0. The highest BCUT2D eigenvalue weighted by Crippen LogP contribution is 2.25. The summed E-state index contributed by atoms with van der Waals surface area (Å²) in [4.78, 5) is 12.7. The Hall–Kier alpha value is -1.39. The molecule has 0 saturated heterocycles. The van der Waals surface area contributed by atoms with Crippen LogP contribution in [0.5, 0.6) is 0 Å². The van der Waals surface area contributed by atoms with E-state index in [0.717, 1.165) is 31.2 Å². The lowest BCUT2D eigenvalue weighted by Gasteiger charge is -2.32. The number of carbonyl (C=O) groups is 1. The molecule has 4 nitrogen and oxygen atoms in total. The summed E-state index contributed by atoms with van der Waals surface area (Å²) in [6.07, 6.45) is 2.52. The summed E-state index contributed by atoms with van der Waals surface area (Å²) in [5, 5.41) is 13.0. The van der Waals surface area contributed by atoms with Crippen molar-refractivity contribution in [2.75, 3.05) is 0 Å². The van der Waals surface area contributed by atoms with Crippen LogP contribution in [0, 0.1) is 0 Å². The minimum Gasteiger partial charge on any atom is -0.391 e. The van der Waals surface area contributed by atoms with E-state index in [2.05, 4.69) is 5.32 Å². The van der Waals surface area contributed by atoms with E-state index in [1.165, 1.54) is 0 Å². The standard InChI is InChI=1S/C18H27NO3/c1-18(2,3)22-16(13-9-5-4-6-10-13)17(21)19-14-11-7-8-12-15(14)20/h4-6,9-10,14-16,20H,7-8,11-12H2,1-3H3,(H,19,21). The molecule has 3 unspecified atom stereocenters. The molecule has 2 N–H and O–H groups in total. The summed E-state index contributed by atoms with van der Waals surface area (Å²) in [6, 6.07) is 9.34. The maximum absolute atomic E-state index is 12.7. The van der Waals surface area contributed by atoms with E-state index in [1.807, 2.05) is 51.1 Å². The Morgan fingerprint density at radius 1 is 1.23 bits per heavy atom. The summed E-state index contributed by atoms with van der Waals surface area (Å²) < 4.78 is 5.97. The van der Waals surface area contributed by atoms with Gasteiger partial charge in [0.05, 0.1) is 17.7 Å². The Bertz CT molecular complexity index is 481. The van der Waals surface area contributed by atoms with Crippen LogP contribution in [0.4, 0.5) is 0 Å². The Balaban J connectivity index is 2.12. The molecule has 1 fully saturated rings. The van der Waals surface area contributed by atoms with Crippen LogP contribution in [-0.4, -0.2) is 28.8 Å². The molecule has 0 aliphatic heterocycles. The quantitative estimate of drug-likeness (QED) is 0.899. The molecule has 1 aromatic carbocycles. The first-order valence-corrected chi connectivity index (χ1v) is 8.08. The van der Waals surface area contributed by atoms with Gasteiger partial charge < -0.3 is 15.2 Å². The zero-order valence-corrected chi connectivity index (χ0v) is 13.7. The molecular weight excluding hydrogens is 278 g/mol. The number of carbonyl (C=O) groups excluding carboxylic acids is 1. The Labute approximate surface area is 132 Å². The highest BCUT2D eigenvalue weighted by molar-refractivity contribution is 5.82. The minimum atomic E-state index is -0.657. The van der Waals surface area contributed by atoms with Crippen LogP contribution in [0.3, 0.4) is 0 Å². The molecule has 22 heavy (non-hydrogen) atoms. The van der Waals surface area contributed by atoms with E-state index in [1.54, 1.807) is 0 Å². The minimum absolute atomic E-state index is 0.170. The van der Waals surface area contributed by atoms with Crippen molar-refractivity contribution < 1.29 is 14.6 Å². The van der Waals surface area contributed by atoms with Crippen LogP contribution in [0.15, 0.2) is 30.3 Å². The number of amides is 1. The van der Waals surface area contributed by atoms with Crippen molar-refractivity contribution in [1.82, 2.24) is 5.32 Å². The first-order chi connectivity index (χ1) is 10.4. The highest BCUT2D eigenvalue weighted by Gasteiger charge is 2.31. The Morgan fingerprint density at radius 3 is 2.45 bits per heavy atom. The molecule has 0 aromatic heterocycles. The molecule has 1 amide bonds. The van der Waals surface area contributed by atoms with Crippen molar-refractivity contribution in [3.63, 3.8) is 0 Å². The lowest BCUT2D eigenvalue weighted by atomic mass is 9.92. The van der Waals surface area contributed by atoms with E-state index in [-0.39, 0.29) is 11.9 Å². The van der Waals surface area contributed by atoms with Crippen molar-refractivity contribution in [1.29, 1.82) is 0 Å². The molecule has 3 atom stereocenters. The number of hydrogen-bond donors (Lipinski definition) is 2. The largest absolute Gasteiger partial charge is 0.391 e. The highest BCUT2D eigenvalue weighted by atomic mass is 16.5. The number of ether oxygens (including phenoxy) is 1. The van der Waals surface area contributed by atoms with E-state index >= 15 is 0 Å². The van der Waals surface area contributed by atoms with Gasteiger partial charge in [-0.05, 0) is 39.2 Å². The van der Waals surface area contributed by atoms with Gasteiger partial charge in [-0.3, -0.25) is 4.79 Å². The number of hydrogen-bond acceptors (Lipinski definition) is 3. The molecule has 122 valence electrons. The van der Waals surface area contributed by atoms with Gasteiger partial charge in [-0.15, -0.1) is 0 Å². The molecule has 0 radical (unpaired) electrons. The third-order valence-corrected chi connectivity index (χ3v) is 3.87. The van der Waals surface area contributed by atoms with Gasteiger partial charge in [-0.25, -0.2) is 0 Å². The van der Waals surface area contributed by atoms with Gasteiger partial charge in [0.15, 0.2) is 6.10 Å². The summed E-state index contributed by atoms with van der Waals surface area (Å²) in [6.45, 7) is 5.81. The van der Waals surface area contributed by atoms with Gasteiger partial charge in [0, 0.05) is 0 Å². The second-order valence-corrected chi connectivity index (χ2v) is 6.99. The van der Waals surface area contributed by atoms with E-state index in [9.17, 15) is 9.90 Å². The SMILES string of the molecule is CC(C)(C)OC(C(=O)NC1CCCCC1O)c1ccccc1. The van der Waals surface area contributed by atoms with Crippen LogP contribution >= 0.6 is 0 Å². The van der Waals surface area contributed by atoms with Gasteiger partial charge in [0.1, 0.15) is 0 Å². The van der Waals surface area contributed by atoms with Crippen molar-refractivity contribution in [3.8, 4) is 0 Å². The van der Waals surface area contributed by atoms with Gasteiger partial charge in [0.2, 0.25) is 0 Å². The topological polar surface area (TPSA) is 58.6 Å². The van der Waals surface area contributed by atoms with Crippen molar-refractivity contribution in [2.45, 2.75) is 70.3 Å². The predicted molar refractivity (Wildman–Crippen MR) is 86.4 cm³/mol. The van der Waals surface area contributed by atoms with Crippen molar-refractivity contribution >= 4 is 5.91 Å². The maximum atomic E-state index is 12.7. The molecule has 1 aliphatic carbocycles. The van der Waals surface area contributed by atoms with Gasteiger partial charge in [0.25, 0.3) is 5.91 Å². The van der Waals surface area contributed by atoms with Crippen LogP contribution in [-0.2, 0) is 9.53 Å². The molecule has 2 rings (SSSR count). The van der Waals surface area contributed by atoms with Gasteiger partial charge in [-0.1, -0.05) is 43.2 Å². The first-order valence-electron chi connectivity index (χ1n) is 8.08. The average Bonchev–Trinajstić information content (AvgIpc) is 2.47. The monoisotopic (exact) mass is 305 g/mol. The lowest BCUT2D eigenvalue weighted by molar-refractivity contribution is -0.145. The van der Waals surface area contributed by atoms with Crippen LogP contribution < -0.4 is 5.32 Å². The Kier molecular flexibility index (Phi) is 5.59. The second kappa shape index (κ2) is 7.25. The number of benzene rings is 1.